The summed E-state index contributed by atoms with van der Waals surface area (Å²) in [6.45, 7) is 5.84. The largest absolute Gasteiger partial charge is 0.342 e. The first-order chi connectivity index (χ1) is 5.86. The molecule has 0 aromatic carbocycles. The number of nitrogens with one attached hydrogen (secondary N) is 1. The molecular formula is C8H12N4. The molecule has 0 fully saturated rings. The van der Waals surface area contributed by atoms with Gasteiger partial charge in [0.2, 0.25) is 0 Å². The molecule has 2 aromatic rings. The normalized spacial score (nSPS) is 9.25. The van der Waals surface area contributed by atoms with Gasteiger partial charge in [-0.05, 0) is 6.92 Å². The number of imidazole rings is 1. The van der Waals surface area contributed by atoms with Gasteiger partial charge in [0.1, 0.15) is 11.3 Å². The van der Waals surface area contributed by atoms with Crippen molar-refractivity contribution >= 4 is 11.2 Å². The Morgan fingerprint density at radius 1 is 1.25 bits per heavy atom. The molecule has 0 aliphatic rings. The summed E-state index contributed by atoms with van der Waals surface area (Å²) in [7, 11) is 0. The Hall–Kier alpha value is -1.45. The fourth-order valence-electron chi connectivity index (χ4n) is 0.821. The lowest BCUT2D eigenvalue weighted by Crippen LogP contribution is -1.85. The second-order valence-electron chi connectivity index (χ2n) is 2.06. The molecule has 2 heterocycles. The van der Waals surface area contributed by atoms with Crippen LogP contribution in [0, 0.1) is 6.92 Å². The van der Waals surface area contributed by atoms with Gasteiger partial charge in [0.15, 0.2) is 5.65 Å². The van der Waals surface area contributed by atoms with E-state index >= 15 is 0 Å². The average molecular weight is 164 g/mol. The Balaban J connectivity index is 0.000000336. The zero-order chi connectivity index (χ0) is 8.97. The molecule has 2 aromatic heterocycles. The van der Waals surface area contributed by atoms with Crippen LogP contribution in [0.4, 0.5) is 0 Å². The molecule has 1 N–H and O–H groups in total. The maximum atomic E-state index is 4.08. The van der Waals surface area contributed by atoms with E-state index in [9.17, 15) is 0 Å². The second-order valence-corrected chi connectivity index (χ2v) is 2.06. The fourth-order valence-corrected chi connectivity index (χ4v) is 0.821. The first-order valence-electron chi connectivity index (χ1n) is 3.99. The van der Waals surface area contributed by atoms with Crippen LogP contribution >= 0.6 is 0 Å². The van der Waals surface area contributed by atoms with E-state index in [2.05, 4.69) is 19.9 Å². The monoisotopic (exact) mass is 164 g/mol. The molecule has 4 heteroatoms. The smallest absolute Gasteiger partial charge is 0.180 e. The Morgan fingerprint density at radius 3 is 2.75 bits per heavy atom. The van der Waals surface area contributed by atoms with Gasteiger partial charge < -0.3 is 4.98 Å². The Morgan fingerprint density at radius 2 is 2.00 bits per heavy atom. The molecule has 12 heavy (non-hydrogen) atoms. The first-order valence-corrected chi connectivity index (χ1v) is 3.99. The summed E-state index contributed by atoms with van der Waals surface area (Å²) in [6.07, 6.45) is 3.34. The zero-order valence-corrected chi connectivity index (χ0v) is 7.50. The molecule has 0 bridgehead atoms. The molecule has 0 saturated carbocycles. The van der Waals surface area contributed by atoms with Crippen LogP contribution in [-0.2, 0) is 0 Å². The van der Waals surface area contributed by atoms with Crippen LogP contribution in [-0.4, -0.2) is 19.9 Å². The Bertz CT molecular complexity index is 353. The van der Waals surface area contributed by atoms with Crippen molar-refractivity contribution in [2.75, 3.05) is 0 Å². The highest BCUT2D eigenvalue weighted by molar-refractivity contribution is 5.67. The summed E-state index contributed by atoms with van der Waals surface area (Å²) in [4.78, 5) is 15.0. The van der Waals surface area contributed by atoms with Crippen molar-refractivity contribution in [2.24, 2.45) is 0 Å². The molecule has 0 saturated heterocycles. The van der Waals surface area contributed by atoms with Gasteiger partial charge in [-0.1, -0.05) is 13.8 Å². The highest BCUT2D eigenvalue weighted by atomic mass is 15.0. The standard InChI is InChI=1S/C6H6N4.C2H6/c1-4-7-2-5-6(10-4)9-3-8-5;1-2/h2-3H,1H3,(H,7,8,9,10);1-2H3. The van der Waals surface area contributed by atoms with Crippen LogP contribution < -0.4 is 0 Å². The number of aromatic nitrogens is 4. The van der Waals surface area contributed by atoms with E-state index in [0.717, 1.165) is 17.0 Å². The summed E-state index contributed by atoms with van der Waals surface area (Å²) >= 11 is 0. The van der Waals surface area contributed by atoms with Gasteiger partial charge in [-0.3, -0.25) is 0 Å². The predicted octanol–water partition coefficient (Wildman–Crippen LogP) is 1.69. The molecule has 4 nitrogen and oxygen atoms in total. The Kier molecular flexibility index (Phi) is 2.74. The number of hydrogen-bond donors (Lipinski definition) is 1. The van der Waals surface area contributed by atoms with Crippen molar-refractivity contribution in [1.29, 1.82) is 0 Å². The number of aromatic amines is 1. The predicted molar refractivity (Wildman–Crippen MR) is 47.8 cm³/mol. The quantitative estimate of drug-likeness (QED) is 0.644. The van der Waals surface area contributed by atoms with Gasteiger partial charge in [-0.25, -0.2) is 15.0 Å². The molecule has 0 atom stereocenters. The first kappa shape index (κ1) is 8.64. The van der Waals surface area contributed by atoms with Crippen LogP contribution in [0.25, 0.3) is 11.2 Å². The van der Waals surface area contributed by atoms with Crippen molar-refractivity contribution in [3.05, 3.63) is 18.3 Å². The van der Waals surface area contributed by atoms with E-state index < -0.39 is 0 Å². The number of nitrogens with zero attached hydrogens (tertiary/aromatic N) is 3. The van der Waals surface area contributed by atoms with E-state index in [1.54, 1.807) is 12.5 Å². The van der Waals surface area contributed by atoms with E-state index in [4.69, 9.17) is 0 Å². The third-order valence-electron chi connectivity index (χ3n) is 1.30. The van der Waals surface area contributed by atoms with Gasteiger partial charge in [0.25, 0.3) is 0 Å². The van der Waals surface area contributed by atoms with Crippen LogP contribution in [0.2, 0.25) is 0 Å². The third kappa shape index (κ3) is 1.58. The minimum atomic E-state index is 0.729. The molecule has 2 rings (SSSR count). The van der Waals surface area contributed by atoms with Crippen molar-refractivity contribution in [1.82, 2.24) is 19.9 Å². The summed E-state index contributed by atoms with van der Waals surface area (Å²) in [6, 6.07) is 0. The highest BCUT2D eigenvalue weighted by Gasteiger charge is 1.95. The van der Waals surface area contributed by atoms with Gasteiger partial charge in [-0.2, -0.15) is 0 Å². The highest BCUT2D eigenvalue weighted by Crippen LogP contribution is 2.02. The average Bonchev–Trinajstić information content (AvgIpc) is 2.54. The second kappa shape index (κ2) is 3.80. The van der Waals surface area contributed by atoms with E-state index in [-0.39, 0.29) is 0 Å². The molecule has 0 aliphatic heterocycles. The molecule has 0 unspecified atom stereocenters. The zero-order valence-electron chi connectivity index (χ0n) is 7.50. The summed E-state index contributed by atoms with van der Waals surface area (Å²) in [5.41, 5.74) is 1.61. The van der Waals surface area contributed by atoms with Crippen molar-refractivity contribution in [2.45, 2.75) is 20.8 Å². The number of H-pyrrole nitrogens is 1. The Labute approximate surface area is 71.1 Å². The van der Waals surface area contributed by atoms with E-state index in [0.29, 0.717) is 0 Å². The van der Waals surface area contributed by atoms with Gasteiger partial charge >= 0.3 is 0 Å². The van der Waals surface area contributed by atoms with Gasteiger partial charge in [-0.15, -0.1) is 0 Å². The lowest BCUT2D eigenvalue weighted by atomic mass is 10.5. The molecule has 0 radical (unpaired) electrons. The molecular weight excluding hydrogens is 152 g/mol. The topological polar surface area (TPSA) is 54.5 Å². The molecule has 64 valence electrons. The van der Waals surface area contributed by atoms with Crippen molar-refractivity contribution in [3.8, 4) is 0 Å². The number of aryl methyl sites for hydroxylation is 1. The number of fused-ring (bicyclic) bond motifs is 1. The SMILES string of the molecule is CC.Cc1ncc2[nH]cnc2n1. The number of rotatable bonds is 0. The summed E-state index contributed by atoms with van der Waals surface area (Å²) in [5.74, 6) is 0.750. The lowest BCUT2D eigenvalue weighted by Gasteiger charge is -1.87. The van der Waals surface area contributed by atoms with E-state index in [1.807, 2.05) is 20.8 Å². The minimum absolute atomic E-state index is 0.729. The van der Waals surface area contributed by atoms with Gasteiger partial charge in [0.05, 0.1) is 12.5 Å². The van der Waals surface area contributed by atoms with Gasteiger partial charge in [0, 0.05) is 0 Å². The third-order valence-corrected chi connectivity index (χ3v) is 1.30. The van der Waals surface area contributed by atoms with Crippen LogP contribution in [0.3, 0.4) is 0 Å². The molecule has 0 spiro atoms. The maximum Gasteiger partial charge on any atom is 0.180 e. The van der Waals surface area contributed by atoms with Crippen molar-refractivity contribution < 1.29 is 0 Å². The minimum Gasteiger partial charge on any atom is -0.342 e. The van der Waals surface area contributed by atoms with Crippen LogP contribution in [0.5, 0.6) is 0 Å². The van der Waals surface area contributed by atoms with Crippen LogP contribution in [0.15, 0.2) is 12.5 Å². The van der Waals surface area contributed by atoms with E-state index in [1.165, 1.54) is 0 Å². The van der Waals surface area contributed by atoms with Crippen LogP contribution in [0.1, 0.15) is 19.7 Å². The maximum absolute atomic E-state index is 4.08. The summed E-state index contributed by atoms with van der Waals surface area (Å²) < 4.78 is 0. The molecule has 0 amide bonds. The number of hydrogen-bond acceptors (Lipinski definition) is 3. The lowest BCUT2D eigenvalue weighted by molar-refractivity contribution is 1.08. The summed E-state index contributed by atoms with van der Waals surface area (Å²) in [5, 5.41) is 0. The molecule has 0 aliphatic carbocycles. The fraction of sp³-hybridized carbons (Fsp3) is 0.375. The van der Waals surface area contributed by atoms with Crippen molar-refractivity contribution in [3.63, 3.8) is 0 Å².